The molecular formula is C26H34FN3O6. The van der Waals surface area contributed by atoms with Gasteiger partial charge in [-0.2, -0.15) is 0 Å². The Kier molecular flexibility index (Phi) is 7.48. The summed E-state index contributed by atoms with van der Waals surface area (Å²) in [6.45, 7) is 10.2. The van der Waals surface area contributed by atoms with Crippen LogP contribution in [0.5, 0.6) is 0 Å². The van der Waals surface area contributed by atoms with Crippen LogP contribution in [0.15, 0.2) is 36.8 Å². The maximum Gasteiger partial charge on any atom is 0.419 e. The molecule has 1 unspecified atom stereocenters. The summed E-state index contributed by atoms with van der Waals surface area (Å²) in [6, 6.07) is 5.94. The molecule has 1 N–H and O–H groups in total. The van der Waals surface area contributed by atoms with Crippen LogP contribution in [0.2, 0.25) is 0 Å². The lowest BCUT2D eigenvalue weighted by molar-refractivity contribution is -0.140. The maximum atomic E-state index is 13.6. The third-order valence-corrected chi connectivity index (χ3v) is 5.79. The molecule has 1 aromatic heterocycles. The van der Waals surface area contributed by atoms with E-state index >= 15 is 0 Å². The SMILES string of the molecule is CC(C)(C)OC(=O)N(CCC[C@H]1CC1(C(=O)O)c1cn(-c2cccc(F)c2)cn1)C(=O)OC(C)(C)C. The second-order valence-electron chi connectivity index (χ2n) is 11.1. The maximum absolute atomic E-state index is 13.6. The van der Waals surface area contributed by atoms with Gasteiger partial charge in [-0.25, -0.2) is 23.9 Å². The van der Waals surface area contributed by atoms with Crippen molar-refractivity contribution < 1.29 is 33.4 Å². The molecule has 9 nitrogen and oxygen atoms in total. The quantitative estimate of drug-likeness (QED) is 0.545. The third-order valence-electron chi connectivity index (χ3n) is 5.79. The summed E-state index contributed by atoms with van der Waals surface area (Å²) < 4.78 is 25.9. The number of carboxylic acid groups (broad SMARTS) is 1. The number of benzene rings is 1. The summed E-state index contributed by atoms with van der Waals surface area (Å²) in [4.78, 5) is 42.8. The number of amides is 2. The Morgan fingerprint density at radius 1 is 1.14 bits per heavy atom. The molecule has 1 heterocycles. The zero-order valence-electron chi connectivity index (χ0n) is 21.6. The van der Waals surface area contributed by atoms with E-state index < -0.39 is 40.6 Å². The van der Waals surface area contributed by atoms with E-state index in [1.54, 1.807) is 64.4 Å². The summed E-state index contributed by atoms with van der Waals surface area (Å²) in [5, 5.41) is 10.0. The van der Waals surface area contributed by atoms with E-state index in [1.807, 2.05) is 0 Å². The van der Waals surface area contributed by atoms with Crippen LogP contribution >= 0.6 is 0 Å². The Labute approximate surface area is 210 Å². The fourth-order valence-corrected chi connectivity index (χ4v) is 4.08. The van der Waals surface area contributed by atoms with E-state index in [4.69, 9.17) is 9.47 Å². The average molecular weight is 504 g/mol. The Hall–Kier alpha value is -3.43. The summed E-state index contributed by atoms with van der Waals surface area (Å²) in [6.07, 6.45) is 2.63. The number of ether oxygens (including phenoxy) is 2. The number of rotatable bonds is 7. The van der Waals surface area contributed by atoms with Gasteiger partial charge in [0, 0.05) is 18.4 Å². The number of halogens is 1. The Balaban J connectivity index is 1.69. The predicted octanol–water partition coefficient (Wildman–Crippen LogP) is 5.31. The van der Waals surface area contributed by atoms with Gasteiger partial charge in [-0.05, 0) is 84.9 Å². The van der Waals surface area contributed by atoms with Gasteiger partial charge in [-0.1, -0.05) is 6.07 Å². The molecule has 2 amide bonds. The molecule has 0 aliphatic heterocycles. The van der Waals surface area contributed by atoms with Crippen molar-refractivity contribution in [1.29, 1.82) is 0 Å². The molecule has 2 atom stereocenters. The molecule has 0 spiro atoms. The van der Waals surface area contributed by atoms with Gasteiger partial charge in [-0.15, -0.1) is 0 Å². The smallest absolute Gasteiger partial charge is 0.419 e. The number of nitrogens with zero attached hydrogens (tertiary/aromatic N) is 3. The van der Waals surface area contributed by atoms with Gasteiger partial charge in [0.2, 0.25) is 0 Å². The molecule has 1 fully saturated rings. The Bertz CT molecular complexity index is 1110. The second kappa shape index (κ2) is 9.91. The summed E-state index contributed by atoms with van der Waals surface area (Å²) in [5.74, 6) is -1.63. The lowest BCUT2D eigenvalue weighted by Gasteiger charge is -2.28. The molecular weight excluding hydrogens is 469 g/mol. The highest BCUT2D eigenvalue weighted by atomic mass is 19.1. The van der Waals surface area contributed by atoms with Crippen LogP contribution in [0.25, 0.3) is 5.69 Å². The van der Waals surface area contributed by atoms with Gasteiger partial charge < -0.3 is 19.1 Å². The number of imidazole rings is 1. The lowest BCUT2D eigenvalue weighted by atomic mass is 9.97. The van der Waals surface area contributed by atoms with Crippen LogP contribution in [0, 0.1) is 11.7 Å². The molecule has 0 radical (unpaired) electrons. The zero-order valence-corrected chi connectivity index (χ0v) is 21.6. The summed E-state index contributed by atoms with van der Waals surface area (Å²) in [7, 11) is 0. The van der Waals surface area contributed by atoms with Crippen molar-refractivity contribution in [2.75, 3.05) is 6.54 Å². The number of carboxylic acids is 1. The fourth-order valence-electron chi connectivity index (χ4n) is 4.08. The fraction of sp³-hybridized carbons (Fsp3) is 0.538. The normalized spacial score (nSPS) is 19.5. The first-order valence-corrected chi connectivity index (χ1v) is 11.9. The van der Waals surface area contributed by atoms with E-state index in [2.05, 4.69) is 4.98 Å². The van der Waals surface area contributed by atoms with Crippen molar-refractivity contribution in [2.24, 2.45) is 5.92 Å². The molecule has 1 saturated carbocycles. The summed E-state index contributed by atoms with van der Waals surface area (Å²) >= 11 is 0. The second-order valence-corrected chi connectivity index (χ2v) is 11.1. The average Bonchev–Trinajstić information content (AvgIpc) is 3.24. The molecule has 1 aliphatic rings. The molecule has 10 heteroatoms. The van der Waals surface area contributed by atoms with Crippen molar-refractivity contribution in [2.45, 2.75) is 77.4 Å². The summed E-state index contributed by atoms with van der Waals surface area (Å²) in [5.41, 5.74) is -1.84. The number of aliphatic carboxylic acids is 1. The molecule has 196 valence electrons. The van der Waals surface area contributed by atoms with Gasteiger partial charge >= 0.3 is 18.2 Å². The number of imide groups is 1. The first-order valence-electron chi connectivity index (χ1n) is 11.9. The number of carbonyl (C=O) groups is 3. The van der Waals surface area contributed by atoms with Crippen molar-refractivity contribution in [3.05, 3.63) is 48.3 Å². The number of aromatic nitrogens is 2. The topological polar surface area (TPSA) is 111 Å². The standard InChI is InChI=1S/C26H34FN3O6/c1-24(2,3)35-22(33)30(23(34)36-25(4,5)6)12-8-9-17-14-26(17,21(31)32)20-15-29(16-28-20)19-11-7-10-18(27)13-19/h7,10-11,13,15-17H,8-9,12,14H2,1-6H3,(H,31,32)/t17-,26?/m0/s1. The first-order chi connectivity index (χ1) is 16.6. The van der Waals surface area contributed by atoms with Gasteiger partial charge in [-0.3, -0.25) is 4.79 Å². The monoisotopic (exact) mass is 503 g/mol. The number of hydrogen-bond donors (Lipinski definition) is 1. The van der Waals surface area contributed by atoms with Crippen molar-refractivity contribution >= 4 is 18.2 Å². The van der Waals surface area contributed by atoms with Gasteiger partial charge in [0.25, 0.3) is 0 Å². The van der Waals surface area contributed by atoms with Crippen molar-refractivity contribution in [1.82, 2.24) is 14.5 Å². The van der Waals surface area contributed by atoms with Gasteiger partial charge in [0.15, 0.2) is 0 Å². The van der Waals surface area contributed by atoms with Gasteiger partial charge in [0.1, 0.15) is 22.4 Å². The van der Waals surface area contributed by atoms with Crippen molar-refractivity contribution in [3.63, 3.8) is 0 Å². The van der Waals surface area contributed by atoms with E-state index in [0.29, 0.717) is 30.6 Å². The van der Waals surface area contributed by atoms with Crippen LogP contribution in [-0.2, 0) is 19.7 Å². The minimum atomic E-state index is -1.17. The minimum absolute atomic E-state index is 0.0216. The van der Waals surface area contributed by atoms with Gasteiger partial charge in [0.05, 0.1) is 12.0 Å². The van der Waals surface area contributed by atoms with Crippen molar-refractivity contribution in [3.8, 4) is 5.69 Å². The largest absolute Gasteiger partial charge is 0.481 e. The lowest BCUT2D eigenvalue weighted by Crippen LogP contribution is -2.44. The molecule has 3 rings (SSSR count). The number of hydrogen-bond acceptors (Lipinski definition) is 6. The minimum Gasteiger partial charge on any atom is -0.481 e. The Morgan fingerprint density at radius 3 is 2.28 bits per heavy atom. The highest BCUT2D eigenvalue weighted by Crippen LogP contribution is 2.56. The van der Waals surface area contributed by atoms with Crippen LogP contribution in [0.3, 0.4) is 0 Å². The molecule has 36 heavy (non-hydrogen) atoms. The van der Waals surface area contributed by atoms with Crippen LogP contribution in [-0.4, -0.2) is 55.5 Å². The third kappa shape index (κ3) is 6.41. The zero-order chi connectivity index (χ0) is 26.9. The highest BCUT2D eigenvalue weighted by molar-refractivity contribution is 5.88. The number of carbonyl (C=O) groups excluding carboxylic acids is 2. The molecule has 2 aromatic rings. The molecule has 1 aromatic carbocycles. The molecule has 0 saturated heterocycles. The predicted molar refractivity (Wildman–Crippen MR) is 129 cm³/mol. The van der Waals surface area contributed by atoms with E-state index in [-0.39, 0.29) is 12.5 Å². The van der Waals surface area contributed by atoms with E-state index in [1.165, 1.54) is 18.5 Å². The first kappa shape index (κ1) is 27.2. The van der Waals surface area contributed by atoms with E-state index in [9.17, 15) is 23.9 Å². The molecule has 1 aliphatic carbocycles. The highest BCUT2D eigenvalue weighted by Gasteiger charge is 2.62. The van der Waals surface area contributed by atoms with Crippen LogP contribution in [0.1, 0.15) is 66.5 Å². The Morgan fingerprint density at radius 2 is 1.75 bits per heavy atom. The van der Waals surface area contributed by atoms with E-state index in [0.717, 1.165) is 4.90 Å². The van der Waals surface area contributed by atoms with Crippen LogP contribution < -0.4 is 0 Å². The van der Waals surface area contributed by atoms with Crippen LogP contribution in [0.4, 0.5) is 14.0 Å². The molecule has 0 bridgehead atoms.